The van der Waals surface area contributed by atoms with Crippen molar-refractivity contribution in [2.45, 2.75) is 19.6 Å². The van der Waals surface area contributed by atoms with Gasteiger partial charge in [-0.1, -0.05) is 66.7 Å². The van der Waals surface area contributed by atoms with Crippen molar-refractivity contribution in [3.8, 4) is 0 Å². The van der Waals surface area contributed by atoms with E-state index in [1.165, 1.54) is 11.1 Å². The minimum absolute atomic E-state index is 0.687. The minimum Gasteiger partial charge on any atom is -0.308 e. The summed E-state index contributed by atoms with van der Waals surface area (Å²) in [6.45, 7) is 2.51. The van der Waals surface area contributed by atoms with Crippen molar-refractivity contribution in [2.75, 3.05) is 5.43 Å². The summed E-state index contributed by atoms with van der Waals surface area (Å²) in [5.74, 6) is 6.16. The molecule has 0 saturated carbocycles. The van der Waals surface area contributed by atoms with E-state index in [0.717, 1.165) is 25.3 Å². The first-order chi connectivity index (χ1) is 11.8. The lowest BCUT2D eigenvalue weighted by Gasteiger charge is -2.22. The van der Waals surface area contributed by atoms with Crippen LogP contribution in [0.5, 0.6) is 0 Å². The fourth-order valence-electron chi connectivity index (χ4n) is 2.73. The van der Waals surface area contributed by atoms with Gasteiger partial charge in [-0.15, -0.1) is 0 Å². The van der Waals surface area contributed by atoms with Crippen LogP contribution in [0.2, 0.25) is 0 Å². The van der Waals surface area contributed by atoms with Crippen LogP contribution >= 0.6 is 0 Å². The van der Waals surface area contributed by atoms with E-state index < -0.39 is 0 Å². The number of nitrogens with one attached hydrogen (secondary N) is 1. The molecule has 0 aliphatic heterocycles. The van der Waals surface area contributed by atoms with Gasteiger partial charge in [0.2, 0.25) is 0 Å². The third-order valence-corrected chi connectivity index (χ3v) is 3.84. The van der Waals surface area contributed by atoms with E-state index in [2.05, 4.69) is 63.8 Å². The third-order valence-electron chi connectivity index (χ3n) is 3.84. The standard InChI is InChI=1S/C20H22N4/c21-23-20-13-7-12-19(22-20)16-24(14-17-8-3-1-4-9-17)15-18-10-5-2-6-11-18/h1-13H,14-16,21H2,(H,22,23). The van der Waals surface area contributed by atoms with Crippen molar-refractivity contribution < 1.29 is 0 Å². The lowest BCUT2D eigenvalue weighted by atomic mass is 10.1. The average molecular weight is 318 g/mol. The van der Waals surface area contributed by atoms with Gasteiger partial charge in [0, 0.05) is 19.6 Å². The van der Waals surface area contributed by atoms with Crippen molar-refractivity contribution in [1.29, 1.82) is 0 Å². The van der Waals surface area contributed by atoms with E-state index >= 15 is 0 Å². The van der Waals surface area contributed by atoms with E-state index in [1.54, 1.807) is 0 Å². The number of nitrogen functional groups attached to an aromatic ring is 1. The third kappa shape index (κ3) is 4.65. The van der Waals surface area contributed by atoms with Crippen LogP contribution in [-0.2, 0) is 19.6 Å². The Hall–Kier alpha value is -2.69. The topological polar surface area (TPSA) is 54.2 Å². The maximum atomic E-state index is 5.47. The van der Waals surface area contributed by atoms with Gasteiger partial charge in [0.05, 0.1) is 5.69 Å². The van der Waals surface area contributed by atoms with Gasteiger partial charge in [-0.05, 0) is 23.3 Å². The van der Waals surface area contributed by atoms with Gasteiger partial charge in [0.15, 0.2) is 0 Å². The smallest absolute Gasteiger partial charge is 0.140 e. The second kappa shape index (κ2) is 8.24. The summed E-state index contributed by atoms with van der Waals surface area (Å²) in [5.41, 5.74) is 6.19. The fraction of sp³-hybridized carbons (Fsp3) is 0.150. The molecule has 4 heteroatoms. The first kappa shape index (κ1) is 16.2. The fourth-order valence-corrected chi connectivity index (χ4v) is 2.73. The maximum Gasteiger partial charge on any atom is 0.140 e. The number of anilines is 1. The number of aromatic nitrogens is 1. The van der Waals surface area contributed by atoms with Crippen LogP contribution in [0, 0.1) is 0 Å². The molecule has 3 rings (SSSR count). The van der Waals surface area contributed by atoms with Crippen molar-refractivity contribution in [3.63, 3.8) is 0 Å². The molecule has 0 aliphatic carbocycles. The molecule has 0 atom stereocenters. The van der Waals surface area contributed by atoms with E-state index in [-0.39, 0.29) is 0 Å². The highest BCUT2D eigenvalue weighted by Gasteiger charge is 2.09. The Labute approximate surface area is 142 Å². The van der Waals surface area contributed by atoms with Crippen molar-refractivity contribution >= 4 is 5.82 Å². The lowest BCUT2D eigenvalue weighted by Crippen LogP contribution is -2.23. The summed E-state index contributed by atoms with van der Waals surface area (Å²) in [7, 11) is 0. The van der Waals surface area contributed by atoms with E-state index in [0.29, 0.717) is 5.82 Å². The molecule has 1 heterocycles. The molecular weight excluding hydrogens is 296 g/mol. The van der Waals surface area contributed by atoms with Gasteiger partial charge in [-0.25, -0.2) is 10.8 Å². The highest BCUT2D eigenvalue weighted by Crippen LogP contribution is 2.14. The highest BCUT2D eigenvalue weighted by atomic mass is 15.3. The molecule has 3 aromatic rings. The van der Waals surface area contributed by atoms with Crippen molar-refractivity contribution in [1.82, 2.24) is 9.88 Å². The summed E-state index contributed by atoms with van der Waals surface area (Å²) >= 11 is 0. The predicted octanol–water partition coefficient (Wildman–Crippen LogP) is 3.57. The molecule has 3 N–H and O–H groups in total. The van der Waals surface area contributed by atoms with Crippen LogP contribution in [0.4, 0.5) is 5.82 Å². The zero-order valence-corrected chi connectivity index (χ0v) is 13.6. The lowest BCUT2D eigenvalue weighted by molar-refractivity contribution is 0.245. The van der Waals surface area contributed by atoms with Crippen molar-refractivity contribution in [3.05, 3.63) is 95.7 Å². The molecule has 24 heavy (non-hydrogen) atoms. The van der Waals surface area contributed by atoms with Gasteiger partial charge >= 0.3 is 0 Å². The normalized spacial score (nSPS) is 10.8. The summed E-state index contributed by atoms with van der Waals surface area (Å²) < 4.78 is 0. The first-order valence-corrected chi connectivity index (χ1v) is 8.06. The Morgan fingerprint density at radius 2 is 1.29 bits per heavy atom. The monoisotopic (exact) mass is 318 g/mol. The van der Waals surface area contributed by atoms with E-state index in [1.807, 2.05) is 30.3 Å². The number of hydrogen-bond acceptors (Lipinski definition) is 4. The largest absolute Gasteiger partial charge is 0.308 e. The zero-order valence-electron chi connectivity index (χ0n) is 13.6. The molecule has 0 unspecified atom stereocenters. The predicted molar refractivity (Wildman–Crippen MR) is 97.9 cm³/mol. The second-order valence-corrected chi connectivity index (χ2v) is 5.77. The molecular formula is C20H22N4. The molecule has 0 amide bonds. The van der Waals surface area contributed by atoms with Gasteiger partial charge < -0.3 is 5.43 Å². The Morgan fingerprint density at radius 3 is 1.83 bits per heavy atom. The van der Waals surface area contributed by atoms with Gasteiger partial charge in [0.25, 0.3) is 0 Å². The zero-order chi connectivity index (χ0) is 16.6. The molecule has 0 fully saturated rings. The summed E-state index contributed by atoms with van der Waals surface area (Å²) in [4.78, 5) is 6.92. The molecule has 0 radical (unpaired) electrons. The number of nitrogens with two attached hydrogens (primary N) is 1. The number of pyridine rings is 1. The molecule has 0 saturated heterocycles. The SMILES string of the molecule is NNc1cccc(CN(Cc2ccccc2)Cc2ccccc2)n1. The van der Waals surface area contributed by atoms with Crippen molar-refractivity contribution in [2.24, 2.45) is 5.84 Å². The second-order valence-electron chi connectivity index (χ2n) is 5.77. The quantitative estimate of drug-likeness (QED) is 0.516. The van der Waals surface area contributed by atoms with Crippen LogP contribution in [0.3, 0.4) is 0 Å². The Morgan fingerprint density at radius 1 is 0.708 bits per heavy atom. The van der Waals surface area contributed by atoms with E-state index in [4.69, 9.17) is 5.84 Å². The number of rotatable bonds is 7. The Balaban J connectivity index is 1.78. The van der Waals surface area contributed by atoms with Gasteiger partial charge in [0.1, 0.15) is 5.82 Å². The van der Waals surface area contributed by atoms with Gasteiger partial charge in [-0.3, -0.25) is 4.90 Å². The van der Waals surface area contributed by atoms with Crippen LogP contribution < -0.4 is 11.3 Å². The van der Waals surface area contributed by atoms with Crippen LogP contribution in [0.1, 0.15) is 16.8 Å². The molecule has 2 aromatic carbocycles. The summed E-state index contributed by atoms with van der Waals surface area (Å²) in [5, 5.41) is 0. The van der Waals surface area contributed by atoms with Crippen LogP contribution in [0.25, 0.3) is 0 Å². The number of hydrazine groups is 1. The Bertz CT molecular complexity index is 702. The minimum atomic E-state index is 0.687. The number of hydrogen-bond donors (Lipinski definition) is 2. The highest BCUT2D eigenvalue weighted by molar-refractivity contribution is 5.33. The molecule has 1 aromatic heterocycles. The van der Waals surface area contributed by atoms with Crippen LogP contribution in [0.15, 0.2) is 78.9 Å². The van der Waals surface area contributed by atoms with Crippen LogP contribution in [-0.4, -0.2) is 9.88 Å². The average Bonchev–Trinajstić information content (AvgIpc) is 2.63. The molecule has 122 valence electrons. The molecule has 4 nitrogen and oxygen atoms in total. The maximum absolute atomic E-state index is 5.47. The van der Waals surface area contributed by atoms with E-state index in [9.17, 15) is 0 Å². The molecule has 0 aliphatic rings. The Kier molecular flexibility index (Phi) is 5.56. The number of nitrogens with zero attached hydrogens (tertiary/aromatic N) is 2. The molecule has 0 bridgehead atoms. The first-order valence-electron chi connectivity index (χ1n) is 8.06. The van der Waals surface area contributed by atoms with Gasteiger partial charge in [-0.2, -0.15) is 0 Å². The summed E-state index contributed by atoms with van der Waals surface area (Å²) in [6, 6.07) is 26.9. The molecule has 0 spiro atoms. The number of benzene rings is 2. The summed E-state index contributed by atoms with van der Waals surface area (Å²) in [6.07, 6.45) is 0.